The molecule has 5 rings (SSSR count). The third-order valence-electron chi connectivity index (χ3n) is 6.22. The number of fused-ring (bicyclic) bond motifs is 2. The van der Waals surface area contributed by atoms with Crippen molar-refractivity contribution in [3.8, 4) is 11.1 Å². The lowest BCUT2D eigenvalue weighted by Gasteiger charge is -2.17. The molecular formula is C23H21FN2O3. The van der Waals surface area contributed by atoms with Gasteiger partial charge in [-0.15, -0.1) is 0 Å². The summed E-state index contributed by atoms with van der Waals surface area (Å²) in [6, 6.07) is 7.72. The number of nitrogens with zero attached hydrogens (tertiary/aromatic N) is 1. The van der Waals surface area contributed by atoms with E-state index in [1.807, 2.05) is 25.1 Å². The van der Waals surface area contributed by atoms with Gasteiger partial charge in [-0.2, -0.15) is 0 Å². The Labute approximate surface area is 166 Å². The minimum atomic E-state index is -1.28. The first-order valence-corrected chi connectivity index (χ1v) is 9.85. The molecule has 148 valence electrons. The lowest BCUT2D eigenvalue weighted by Crippen LogP contribution is -2.24. The second-order valence-corrected chi connectivity index (χ2v) is 8.11. The van der Waals surface area contributed by atoms with Crippen molar-refractivity contribution in [2.75, 3.05) is 0 Å². The van der Waals surface area contributed by atoms with E-state index in [4.69, 9.17) is 0 Å². The van der Waals surface area contributed by atoms with Crippen LogP contribution < -0.4 is 10.9 Å². The lowest BCUT2D eigenvalue weighted by atomic mass is 9.93. The van der Waals surface area contributed by atoms with Crippen molar-refractivity contribution in [2.45, 2.75) is 45.2 Å². The normalized spacial score (nSPS) is 18.2. The third kappa shape index (κ3) is 2.70. The fraction of sp³-hybridized carbons (Fsp3) is 0.304. The zero-order chi connectivity index (χ0) is 20.4. The molecular weight excluding hydrogens is 371 g/mol. The Bertz CT molecular complexity index is 1260. The zero-order valence-electron chi connectivity index (χ0n) is 16.3. The number of benzene rings is 1. The fourth-order valence-corrected chi connectivity index (χ4v) is 4.57. The van der Waals surface area contributed by atoms with Crippen LogP contribution in [0.15, 0.2) is 35.3 Å². The first-order chi connectivity index (χ1) is 13.9. The van der Waals surface area contributed by atoms with Crippen LogP contribution in [0.3, 0.4) is 0 Å². The quantitative estimate of drug-likeness (QED) is 0.702. The summed E-state index contributed by atoms with van der Waals surface area (Å²) in [5.74, 6) is -1.60. The Kier molecular flexibility index (Phi) is 3.90. The number of carboxylic acid groups (broad SMARTS) is 1. The molecule has 0 radical (unpaired) electrons. The van der Waals surface area contributed by atoms with Crippen LogP contribution >= 0.6 is 0 Å². The van der Waals surface area contributed by atoms with Crippen LogP contribution in [0.25, 0.3) is 16.6 Å². The van der Waals surface area contributed by atoms with Crippen molar-refractivity contribution in [1.82, 2.24) is 9.72 Å². The van der Waals surface area contributed by atoms with Crippen LogP contribution in [0, 0.1) is 12.7 Å². The molecule has 1 aliphatic carbocycles. The molecule has 0 unspecified atom stereocenters. The van der Waals surface area contributed by atoms with E-state index in [1.54, 1.807) is 0 Å². The molecule has 1 aromatic carbocycles. The summed E-state index contributed by atoms with van der Waals surface area (Å²) in [6.07, 6.45) is 3.04. The maximum atomic E-state index is 15.2. The van der Waals surface area contributed by atoms with Gasteiger partial charge in [0, 0.05) is 24.3 Å². The Balaban J connectivity index is 1.81. The van der Waals surface area contributed by atoms with Gasteiger partial charge in [0.25, 0.3) is 5.56 Å². The second-order valence-electron chi connectivity index (χ2n) is 8.11. The van der Waals surface area contributed by atoms with Gasteiger partial charge in [0.05, 0.1) is 5.52 Å². The first-order valence-electron chi connectivity index (χ1n) is 9.85. The van der Waals surface area contributed by atoms with Crippen molar-refractivity contribution >= 4 is 11.5 Å². The van der Waals surface area contributed by atoms with Crippen LogP contribution in [-0.4, -0.2) is 15.5 Å². The first kappa shape index (κ1) is 18.1. The van der Waals surface area contributed by atoms with Gasteiger partial charge in [-0.05, 0) is 72.6 Å². The monoisotopic (exact) mass is 392 g/mol. The van der Waals surface area contributed by atoms with Crippen LogP contribution in [0.5, 0.6) is 0 Å². The maximum Gasteiger partial charge on any atom is 0.341 e. The van der Waals surface area contributed by atoms with E-state index >= 15 is 4.39 Å². The third-order valence-corrected chi connectivity index (χ3v) is 6.22. The van der Waals surface area contributed by atoms with Gasteiger partial charge in [0.1, 0.15) is 11.4 Å². The summed E-state index contributed by atoms with van der Waals surface area (Å²) in [7, 11) is 0. The second kappa shape index (κ2) is 6.26. The van der Waals surface area contributed by atoms with Crippen LogP contribution in [0.2, 0.25) is 0 Å². The topological polar surface area (TPSA) is 70.8 Å². The van der Waals surface area contributed by atoms with Crippen molar-refractivity contribution in [2.24, 2.45) is 0 Å². The molecule has 6 heteroatoms. The minimum Gasteiger partial charge on any atom is -0.477 e. The molecule has 2 aromatic heterocycles. The maximum absolute atomic E-state index is 15.2. The highest BCUT2D eigenvalue weighted by atomic mass is 19.1. The Morgan fingerprint density at radius 2 is 2.00 bits per heavy atom. The smallest absolute Gasteiger partial charge is 0.341 e. The van der Waals surface area contributed by atoms with E-state index in [2.05, 4.69) is 12.2 Å². The number of aromatic nitrogens is 1. The standard InChI is InChI=1S/C23H21FN2O3/c1-11-20(14-5-6-16-12(2)25-9-15(16)7-14)19(24)10-26-21(11)17(13-3-4-13)8-18(22(26)27)23(28)29/h5-8,10,12-13,25H,3-4,9H2,1-2H3,(H,28,29)/t12-/m1/s1. The van der Waals surface area contributed by atoms with E-state index in [0.717, 1.165) is 42.3 Å². The molecule has 0 spiro atoms. The number of aryl methyl sites for hydroxylation is 1. The van der Waals surface area contributed by atoms with Crippen molar-refractivity contribution in [3.63, 3.8) is 0 Å². The number of nitrogens with one attached hydrogen (secondary N) is 1. The van der Waals surface area contributed by atoms with Gasteiger partial charge >= 0.3 is 5.97 Å². The molecule has 1 atom stereocenters. The fourth-order valence-electron chi connectivity index (χ4n) is 4.57. The number of rotatable bonds is 3. The lowest BCUT2D eigenvalue weighted by molar-refractivity contribution is 0.0694. The highest BCUT2D eigenvalue weighted by Crippen LogP contribution is 2.44. The van der Waals surface area contributed by atoms with Gasteiger partial charge in [-0.1, -0.05) is 12.1 Å². The molecule has 3 aromatic rings. The molecule has 0 saturated heterocycles. The number of halogens is 1. The molecule has 3 heterocycles. The molecule has 1 fully saturated rings. The summed E-state index contributed by atoms with van der Waals surface area (Å²) in [4.78, 5) is 24.3. The molecule has 2 aliphatic rings. The number of pyridine rings is 2. The van der Waals surface area contributed by atoms with Gasteiger partial charge in [-0.25, -0.2) is 9.18 Å². The summed E-state index contributed by atoms with van der Waals surface area (Å²) in [5, 5.41) is 12.8. The minimum absolute atomic E-state index is 0.214. The molecule has 2 N–H and O–H groups in total. The predicted molar refractivity (Wildman–Crippen MR) is 108 cm³/mol. The van der Waals surface area contributed by atoms with E-state index in [9.17, 15) is 14.7 Å². The van der Waals surface area contributed by atoms with Crippen LogP contribution in [0.1, 0.15) is 64.3 Å². The molecule has 0 amide bonds. The van der Waals surface area contributed by atoms with Gasteiger partial charge < -0.3 is 10.4 Å². The Hall–Kier alpha value is -2.99. The number of carbonyl (C=O) groups is 1. The number of aromatic carboxylic acids is 1. The predicted octanol–water partition coefficient (Wildman–Crippen LogP) is 4.15. The van der Waals surface area contributed by atoms with Gasteiger partial charge in [0.2, 0.25) is 0 Å². The van der Waals surface area contributed by atoms with Crippen molar-refractivity contribution in [1.29, 1.82) is 0 Å². The number of carboxylic acids is 1. The molecule has 0 bridgehead atoms. The highest BCUT2D eigenvalue weighted by Gasteiger charge is 2.30. The average Bonchev–Trinajstić information content (AvgIpc) is 3.46. The molecule has 29 heavy (non-hydrogen) atoms. The van der Waals surface area contributed by atoms with Gasteiger partial charge in [0.15, 0.2) is 0 Å². The van der Waals surface area contributed by atoms with Crippen LogP contribution in [-0.2, 0) is 6.54 Å². The van der Waals surface area contributed by atoms with Gasteiger partial charge in [-0.3, -0.25) is 9.20 Å². The van der Waals surface area contributed by atoms with E-state index in [0.29, 0.717) is 16.6 Å². The average molecular weight is 392 g/mol. The summed E-state index contributed by atoms with van der Waals surface area (Å²) in [5.41, 5.74) is 4.71. The van der Waals surface area contributed by atoms with E-state index in [-0.39, 0.29) is 17.5 Å². The highest BCUT2D eigenvalue weighted by molar-refractivity contribution is 5.89. The van der Waals surface area contributed by atoms with Crippen molar-refractivity contribution in [3.05, 3.63) is 74.5 Å². The SMILES string of the molecule is Cc1c(-c2ccc3c(c2)CN[C@@H]3C)c(F)cn2c(=O)c(C(=O)O)cc(C3CC3)c12. The summed E-state index contributed by atoms with van der Waals surface area (Å²) < 4.78 is 16.4. The zero-order valence-corrected chi connectivity index (χ0v) is 16.3. The Morgan fingerprint density at radius 3 is 2.69 bits per heavy atom. The van der Waals surface area contributed by atoms with Crippen molar-refractivity contribution < 1.29 is 14.3 Å². The van der Waals surface area contributed by atoms with Crippen LogP contribution in [0.4, 0.5) is 4.39 Å². The molecule has 1 saturated carbocycles. The number of hydrogen-bond acceptors (Lipinski definition) is 3. The summed E-state index contributed by atoms with van der Waals surface area (Å²) in [6.45, 7) is 4.66. The largest absolute Gasteiger partial charge is 0.477 e. The molecule has 1 aliphatic heterocycles. The number of hydrogen-bond donors (Lipinski definition) is 2. The molecule has 5 nitrogen and oxygen atoms in total. The Morgan fingerprint density at radius 1 is 1.24 bits per heavy atom. The van der Waals surface area contributed by atoms with E-state index < -0.39 is 17.3 Å². The van der Waals surface area contributed by atoms with E-state index in [1.165, 1.54) is 16.0 Å². The summed E-state index contributed by atoms with van der Waals surface area (Å²) >= 11 is 0.